The summed E-state index contributed by atoms with van der Waals surface area (Å²) < 4.78 is 0. The van der Waals surface area contributed by atoms with Gasteiger partial charge in [0.05, 0.1) is 12.0 Å². The Morgan fingerprint density at radius 2 is 1.88 bits per heavy atom. The van der Waals surface area contributed by atoms with Crippen LogP contribution < -0.4 is 0 Å². The van der Waals surface area contributed by atoms with E-state index in [9.17, 15) is 9.90 Å². The van der Waals surface area contributed by atoms with Gasteiger partial charge in [-0.15, -0.1) is 0 Å². The Morgan fingerprint density at radius 3 is 2.25 bits per heavy atom. The van der Waals surface area contributed by atoms with Gasteiger partial charge in [0.2, 0.25) is 5.91 Å². The number of hydrogen-bond acceptors (Lipinski definition) is 2. The van der Waals surface area contributed by atoms with Crippen molar-refractivity contribution in [3.05, 3.63) is 0 Å². The predicted molar refractivity (Wildman–Crippen MR) is 65.0 cm³/mol. The van der Waals surface area contributed by atoms with Crippen LogP contribution in [-0.2, 0) is 4.79 Å². The third kappa shape index (κ3) is 2.97. The first-order valence-corrected chi connectivity index (χ1v) is 6.28. The molecular formula is C13H25NO2. The zero-order valence-electron chi connectivity index (χ0n) is 11.0. The highest BCUT2D eigenvalue weighted by Gasteiger charge is 2.33. The summed E-state index contributed by atoms with van der Waals surface area (Å²) in [6.07, 6.45) is 2.20. The van der Waals surface area contributed by atoms with E-state index in [4.69, 9.17) is 0 Å². The van der Waals surface area contributed by atoms with E-state index in [1.807, 2.05) is 18.7 Å². The molecule has 0 aliphatic carbocycles. The second-order valence-corrected chi connectivity index (χ2v) is 5.92. The zero-order valence-corrected chi connectivity index (χ0v) is 11.0. The van der Waals surface area contributed by atoms with Gasteiger partial charge < -0.3 is 10.0 Å². The first-order chi connectivity index (χ1) is 7.38. The number of carbonyl (C=O) groups is 1. The molecule has 0 radical (unpaired) electrons. The van der Waals surface area contributed by atoms with Gasteiger partial charge in [0.25, 0.3) is 0 Å². The lowest BCUT2D eigenvalue weighted by Crippen LogP contribution is -2.46. The molecule has 94 valence electrons. The number of aliphatic hydroxyl groups is 1. The van der Waals surface area contributed by atoms with E-state index in [0.717, 1.165) is 31.8 Å². The van der Waals surface area contributed by atoms with Gasteiger partial charge in [-0.3, -0.25) is 4.79 Å². The van der Waals surface area contributed by atoms with Crippen LogP contribution in [0.25, 0.3) is 0 Å². The number of likely N-dealkylation sites (tertiary alicyclic amines) is 1. The van der Waals surface area contributed by atoms with Crippen LogP contribution in [0.4, 0.5) is 0 Å². The van der Waals surface area contributed by atoms with E-state index in [1.165, 1.54) is 0 Å². The number of carbonyl (C=O) groups excluding carboxylic acids is 1. The maximum absolute atomic E-state index is 12.1. The molecule has 3 nitrogen and oxygen atoms in total. The molecule has 1 heterocycles. The van der Waals surface area contributed by atoms with Gasteiger partial charge >= 0.3 is 0 Å². The van der Waals surface area contributed by atoms with E-state index in [1.54, 1.807) is 0 Å². The highest BCUT2D eigenvalue weighted by atomic mass is 16.3. The summed E-state index contributed by atoms with van der Waals surface area (Å²) in [6.45, 7) is 9.75. The van der Waals surface area contributed by atoms with Gasteiger partial charge in [0, 0.05) is 13.1 Å². The molecule has 0 atom stereocenters. The molecule has 1 rings (SSSR count). The monoisotopic (exact) mass is 227 g/mol. The number of piperidine rings is 1. The molecule has 1 aliphatic heterocycles. The molecule has 0 aromatic rings. The normalized spacial score (nSPS) is 19.2. The Morgan fingerprint density at radius 1 is 1.38 bits per heavy atom. The molecule has 0 saturated carbocycles. The topological polar surface area (TPSA) is 40.5 Å². The molecule has 16 heavy (non-hydrogen) atoms. The van der Waals surface area contributed by atoms with Crippen LogP contribution in [0.3, 0.4) is 0 Å². The minimum atomic E-state index is -0.620. The van der Waals surface area contributed by atoms with Crippen LogP contribution in [0.2, 0.25) is 0 Å². The van der Waals surface area contributed by atoms with Gasteiger partial charge in [0.15, 0.2) is 0 Å². The molecule has 1 saturated heterocycles. The second kappa shape index (κ2) is 5.17. The first-order valence-electron chi connectivity index (χ1n) is 6.28. The lowest BCUT2D eigenvalue weighted by Gasteiger charge is -2.37. The van der Waals surface area contributed by atoms with Crippen LogP contribution in [0.5, 0.6) is 0 Å². The van der Waals surface area contributed by atoms with E-state index >= 15 is 0 Å². The molecule has 0 bridgehead atoms. The number of nitrogens with zero attached hydrogens (tertiary/aromatic N) is 1. The number of rotatable bonds is 3. The molecule has 0 spiro atoms. The molecule has 1 aliphatic rings. The maximum atomic E-state index is 12.1. The van der Waals surface area contributed by atoms with Crippen molar-refractivity contribution in [1.29, 1.82) is 0 Å². The van der Waals surface area contributed by atoms with E-state index in [2.05, 4.69) is 13.8 Å². The summed E-state index contributed by atoms with van der Waals surface area (Å²) in [6, 6.07) is 0. The zero-order chi connectivity index (χ0) is 12.3. The van der Waals surface area contributed by atoms with Crippen molar-refractivity contribution in [2.24, 2.45) is 17.3 Å². The fraction of sp³-hybridized carbons (Fsp3) is 0.923. The number of hydrogen-bond donors (Lipinski definition) is 1. The van der Waals surface area contributed by atoms with Crippen molar-refractivity contribution in [1.82, 2.24) is 4.90 Å². The highest BCUT2D eigenvalue weighted by molar-refractivity contribution is 5.82. The largest absolute Gasteiger partial charge is 0.395 e. The predicted octanol–water partition coefficient (Wildman–Crippen LogP) is 1.90. The Bertz CT molecular complexity index is 240. The fourth-order valence-electron chi connectivity index (χ4n) is 2.26. The van der Waals surface area contributed by atoms with E-state index in [-0.39, 0.29) is 12.5 Å². The summed E-state index contributed by atoms with van der Waals surface area (Å²) >= 11 is 0. The second-order valence-electron chi connectivity index (χ2n) is 5.92. The summed E-state index contributed by atoms with van der Waals surface area (Å²) in [5, 5.41) is 9.19. The van der Waals surface area contributed by atoms with Gasteiger partial charge in [-0.25, -0.2) is 0 Å². The Labute approximate surface area is 98.8 Å². The summed E-state index contributed by atoms with van der Waals surface area (Å²) in [5.41, 5.74) is -0.620. The van der Waals surface area contributed by atoms with Gasteiger partial charge in [-0.05, 0) is 38.5 Å². The van der Waals surface area contributed by atoms with Gasteiger partial charge in [-0.2, -0.15) is 0 Å². The molecular weight excluding hydrogens is 202 g/mol. The number of aliphatic hydroxyl groups excluding tert-OH is 1. The Kier molecular flexibility index (Phi) is 4.36. The van der Waals surface area contributed by atoms with Crippen molar-refractivity contribution >= 4 is 5.91 Å². The average Bonchev–Trinajstić information content (AvgIpc) is 2.28. The lowest BCUT2D eigenvalue weighted by molar-refractivity contribution is -0.144. The van der Waals surface area contributed by atoms with Crippen LogP contribution in [0, 0.1) is 17.3 Å². The average molecular weight is 227 g/mol. The van der Waals surface area contributed by atoms with Crippen LogP contribution >= 0.6 is 0 Å². The molecule has 1 fully saturated rings. The van der Waals surface area contributed by atoms with Crippen molar-refractivity contribution < 1.29 is 9.90 Å². The smallest absolute Gasteiger partial charge is 0.230 e. The molecule has 3 heteroatoms. The third-order valence-corrected chi connectivity index (χ3v) is 3.74. The quantitative estimate of drug-likeness (QED) is 0.800. The molecule has 1 amide bonds. The van der Waals surface area contributed by atoms with Crippen molar-refractivity contribution in [2.75, 3.05) is 19.7 Å². The standard InChI is InChI=1S/C13H25NO2/c1-10(2)11-5-7-14(8-6-11)12(16)13(3,4)9-15/h10-11,15H,5-9H2,1-4H3. The van der Waals surface area contributed by atoms with Crippen molar-refractivity contribution in [2.45, 2.75) is 40.5 Å². The Balaban J connectivity index is 2.51. The third-order valence-electron chi connectivity index (χ3n) is 3.74. The molecule has 0 aromatic carbocycles. The number of amides is 1. The summed E-state index contributed by atoms with van der Waals surface area (Å²) in [5.74, 6) is 1.56. The van der Waals surface area contributed by atoms with E-state index in [0.29, 0.717) is 5.92 Å². The minimum absolute atomic E-state index is 0.0735. The SMILES string of the molecule is CC(C)C1CCN(C(=O)C(C)(C)CO)CC1. The first kappa shape index (κ1) is 13.5. The summed E-state index contributed by atoms with van der Waals surface area (Å²) in [7, 11) is 0. The molecule has 0 aromatic heterocycles. The lowest BCUT2D eigenvalue weighted by atomic mass is 9.85. The fourth-order valence-corrected chi connectivity index (χ4v) is 2.26. The molecule has 1 N–H and O–H groups in total. The van der Waals surface area contributed by atoms with Crippen LogP contribution in [0.1, 0.15) is 40.5 Å². The Hall–Kier alpha value is -0.570. The minimum Gasteiger partial charge on any atom is -0.395 e. The van der Waals surface area contributed by atoms with Gasteiger partial charge in [0.1, 0.15) is 0 Å². The highest BCUT2D eigenvalue weighted by Crippen LogP contribution is 2.27. The van der Waals surface area contributed by atoms with Crippen LogP contribution in [0.15, 0.2) is 0 Å². The van der Waals surface area contributed by atoms with Crippen molar-refractivity contribution in [3.8, 4) is 0 Å². The van der Waals surface area contributed by atoms with Crippen LogP contribution in [-0.4, -0.2) is 35.6 Å². The van der Waals surface area contributed by atoms with Gasteiger partial charge in [-0.1, -0.05) is 13.8 Å². The maximum Gasteiger partial charge on any atom is 0.230 e. The molecule has 0 unspecified atom stereocenters. The van der Waals surface area contributed by atoms with Crippen molar-refractivity contribution in [3.63, 3.8) is 0 Å². The summed E-state index contributed by atoms with van der Waals surface area (Å²) in [4.78, 5) is 14.0. The van der Waals surface area contributed by atoms with E-state index < -0.39 is 5.41 Å².